The van der Waals surface area contributed by atoms with Gasteiger partial charge in [0.15, 0.2) is 0 Å². The topological polar surface area (TPSA) is 70.2 Å². The molecule has 2 heterocycles. The molecule has 0 saturated carbocycles. The van der Waals surface area contributed by atoms with Crippen LogP contribution in [0.5, 0.6) is 0 Å². The lowest BCUT2D eigenvalue weighted by atomic mass is 10.1. The number of likely N-dealkylation sites (N-methyl/N-ethyl adjacent to an activating group) is 1. The number of carbonyl (C=O) groups is 3. The van der Waals surface area contributed by atoms with Crippen molar-refractivity contribution in [2.24, 2.45) is 17.8 Å². The van der Waals surface area contributed by atoms with Crippen LogP contribution < -0.4 is 0 Å². The minimum atomic E-state index is 0. The quantitative estimate of drug-likeness (QED) is 0.690. The Kier molecular flexibility index (Phi) is 16.6. The van der Waals surface area contributed by atoms with Crippen molar-refractivity contribution >= 4 is 17.6 Å². The zero-order valence-corrected chi connectivity index (χ0v) is 19.9. The van der Waals surface area contributed by atoms with Crippen molar-refractivity contribution in [3.8, 4) is 0 Å². The first-order valence-corrected chi connectivity index (χ1v) is 10.8. The predicted octanol–water partition coefficient (Wildman–Crippen LogP) is 2.79. The van der Waals surface area contributed by atoms with Crippen LogP contribution in [-0.4, -0.2) is 91.8 Å². The second-order valence-electron chi connectivity index (χ2n) is 8.64. The molecule has 0 aliphatic carbocycles. The summed E-state index contributed by atoms with van der Waals surface area (Å²) in [6, 6.07) is 0. The van der Waals surface area contributed by atoms with Crippen molar-refractivity contribution < 1.29 is 19.1 Å². The number of ether oxygens (including phenoxy) is 1. The molecule has 0 unspecified atom stereocenters. The zero-order chi connectivity index (χ0) is 22.6. The Morgan fingerprint density at radius 3 is 1.30 bits per heavy atom. The molecule has 0 spiro atoms. The highest BCUT2D eigenvalue weighted by Gasteiger charge is 2.20. The van der Waals surface area contributed by atoms with Gasteiger partial charge < -0.3 is 19.4 Å². The number of hydrogen-bond acceptors (Lipinski definition) is 5. The Hall–Kier alpha value is -1.47. The van der Waals surface area contributed by atoms with E-state index < -0.39 is 0 Å². The average molecular weight is 430 g/mol. The fourth-order valence-corrected chi connectivity index (χ4v) is 2.54. The van der Waals surface area contributed by atoms with Crippen LogP contribution in [0, 0.1) is 17.8 Å². The van der Waals surface area contributed by atoms with E-state index in [2.05, 4.69) is 11.9 Å². The molecule has 2 aliphatic rings. The fraction of sp³-hybridized carbons (Fsp3) is 0.870. The molecule has 30 heavy (non-hydrogen) atoms. The molecule has 2 amide bonds. The first-order chi connectivity index (χ1) is 13.5. The molecule has 0 atom stereocenters. The van der Waals surface area contributed by atoms with E-state index >= 15 is 0 Å². The van der Waals surface area contributed by atoms with Gasteiger partial charge in [0, 0.05) is 57.0 Å². The van der Waals surface area contributed by atoms with Crippen LogP contribution in [0.2, 0.25) is 0 Å². The molecular weight excluding hydrogens is 382 g/mol. The van der Waals surface area contributed by atoms with E-state index in [0.29, 0.717) is 19.1 Å². The summed E-state index contributed by atoms with van der Waals surface area (Å²) in [7, 11) is 2.09. The number of piperazine rings is 1. The number of hydrogen-bond donors (Lipinski definition) is 0. The molecule has 0 radical (unpaired) electrons. The number of amides is 2. The van der Waals surface area contributed by atoms with Crippen LogP contribution in [0.3, 0.4) is 0 Å². The Morgan fingerprint density at radius 1 is 0.667 bits per heavy atom. The standard InChI is InChI=1S/C9H18N2O.C8H15NO2.C5H10O.CH4/c1-8(2)9(12)11-6-4-10(3)5-7-11;1-7(2)8(10)9-3-5-11-6-4-9;1-4(2)5(3)6;/h8H,4-7H2,1-3H3;7H,3-6H2,1-2H3;4H,1-3H3;1H4. The zero-order valence-electron chi connectivity index (χ0n) is 19.9. The highest BCUT2D eigenvalue weighted by atomic mass is 16.5. The van der Waals surface area contributed by atoms with E-state index in [1.165, 1.54) is 0 Å². The molecule has 2 saturated heterocycles. The van der Waals surface area contributed by atoms with Crippen molar-refractivity contribution in [1.29, 1.82) is 0 Å². The van der Waals surface area contributed by atoms with Crippen molar-refractivity contribution in [2.45, 2.75) is 55.9 Å². The number of nitrogens with zero attached hydrogens (tertiary/aromatic N) is 3. The van der Waals surface area contributed by atoms with Crippen LogP contribution in [0.15, 0.2) is 0 Å². The summed E-state index contributed by atoms with van der Waals surface area (Å²) in [6.07, 6.45) is 0. The van der Waals surface area contributed by atoms with Gasteiger partial charge in [0.05, 0.1) is 13.2 Å². The van der Waals surface area contributed by atoms with Gasteiger partial charge in [-0.3, -0.25) is 14.4 Å². The normalized spacial score (nSPS) is 16.9. The van der Waals surface area contributed by atoms with Crippen LogP contribution in [-0.2, 0) is 19.1 Å². The van der Waals surface area contributed by atoms with Crippen molar-refractivity contribution in [3.05, 3.63) is 0 Å². The number of rotatable bonds is 3. The van der Waals surface area contributed by atoms with Crippen LogP contribution in [0.1, 0.15) is 55.9 Å². The summed E-state index contributed by atoms with van der Waals surface area (Å²) < 4.78 is 5.14. The first-order valence-electron chi connectivity index (χ1n) is 10.8. The van der Waals surface area contributed by atoms with E-state index in [9.17, 15) is 14.4 Å². The molecule has 0 aromatic carbocycles. The lowest BCUT2D eigenvalue weighted by molar-refractivity contribution is -0.138. The number of carbonyl (C=O) groups excluding carboxylic acids is 3. The van der Waals surface area contributed by atoms with E-state index in [1.54, 1.807) is 6.92 Å². The summed E-state index contributed by atoms with van der Waals surface area (Å²) in [5, 5.41) is 0. The lowest BCUT2D eigenvalue weighted by Crippen LogP contribution is -2.48. The Labute approximate surface area is 185 Å². The molecule has 178 valence electrons. The van der Waals surface area contributed by atoms with Gasteiger partial charge in [0.2, 0.25) is 11.8 Å². The smallest absolute Gasteiger partial charge is 0.225 e. The molecule has 2 aliphatic heterocycles. The number of ketones is 1. The second kappa shape index (κ2) is 16.3. The average Bonchev–Trinajstić information content (AvgIpc) is 2.68. The molecule has 0 aromatic heterocycles. The summed E-state index contributed by atoms with van der Waals surface area (Å²) in [4.78, 5) is 39.1. The molecule has 0 aromatic rings. The maximum atomic E-state index is 11.5. The third-order valence-electron chi connectivity index (χ3n) is 4.94. The summed E-state index contributed by atoms with van der Waals surface area (Å²) in [5.41, 5.74) is 0. The molecule has 0 bridgehead atoms. The van der Waals surface area contributed by atoms with E-state index in [1.807, 2.05) is 51.3 Å². The minimum Gasteiger partial charge on any atom is -0.378 e. The number of Topliss-reactive ketones (excluding diaryl/α,β-unsaturated/α-hetero) is 1. The number of morpholine rings is 1. The predicted molar refractivity (Wildman–Crippen MR) is 123 cm³/mol. The third-order valence-corrected chi connectivity index (χ3v) is 4.94. The van der Waals surface area contributed by atoms with Gasteiger partial charge in [-0.2, -0.15) is 0 Å². The summed E-state index contributed by atoms with van der Waals surface area (Å²) >= 11 is 0. The van der Waals surface area contributed by atoms with Crippen LogP contribution >= 0.6 is 0 Å². The summed E-state index contributed by atoms with van der Waals surface area (Å²) in [6.45, 7) is 19.9. The van der Waals surface area contributed by atoms with Gasteiger partial charge in [-0.05, 0) is 14.0 Å². The Bertz CT molecular complexity index is 493. The molecule has 7 nitrogen and oxygen atoms in total. The van der Waals surface area contributed by atoms with E-state index in [0.717, 1.165) is 39.3 Å². The highest BCUT2D eigenvalue weighted by molar-refractivity contribution is 5.78. The van der Waals surface area contributed by atoms with E-state index in [4.69, 9.17) is 4.74 Å². The molecule has 2 fully saturated rings. The van der Waals surface area contributed by atoms with Crippen molar-refractivity contribution in [2.75, 3.05) is 59.5 Å². The van der Waals surface area contributed by atoms with Crippen LogP contribution in [0.25, 0.3) is 0 Å². The highest BCUT2D eigenvalue weighted by Crippen LogP contribution is 2.05. The maximum absolute atomic E-state index is 11.5. The van der Waals surface area contributed by atoms with Gasteiger partial charge in [-0.15, -0.1) is 0 Å². The van der Waals surface area contributed by atoms with Gasteiger partial charge in [-0.25, -0.2) is 0 Å². The molecule has 0 N–H and O–H groups in total. The van der Waals surface area contributed by atoms with Crippen molar-refractivity contribution in [3.63, 3.8) is 0 Å². The lowest BCUT2D eigenvalue weighted by Gasteiger charge is -2.33. The first kappa shape index (κ1) is 30.7. The molecule has 2 rings (SSSR count). The van der Waals surface area contributed by atoms with Gasteiger partial charge in [-0.1, -0.05) is 49.0 Å². The monoisotopic (exact) mass is 429 g/mol. The fourth-order valence-electron chi connectivity index (χ4n) is 2.54. The Balaban J connectivity index is 0. The molecular formula is C23H47N3O4. The third kappa shape index (κ3) is 13.0. The summed E-state index contributed by atoms with van der Waals surface area (Å²) in [5.74, 6) is 1.28. The largest absolute Gasteiger partial charge is 0.378 e. The van der Waals surface area contributed by atoms with E-state index in [-0.39, 0.29) is 36.9 Å². The van der Waals surface area contributed by atoms with Crippen molar-refractivity contribution in [1.82, 2.24) is 14.7 Å². The Morgan fingerprint density at radius 2 is 1.00 bits per heavy atom. The SMILES string of the molecule is C.CC(=O)C(C)C.CC(C)C(=O)N1CCN(C)CC1.CC(C)C(=O)N1CCOCC1. The second-order valence-corrected chi connectivity index (χ2v) is 8.64. The maximum Gasteiger partial charge on any atom is 0.225 e. The molecule has 7 heteroatoms. The van der Waals surface area contributed by atoms with Crippen LogP contribution in [0.4, 0.5) is 0 Å². The van der Waals surface area contributed by atoms with Gasteiger partial charge in [0.1, 0.15) is 5.78 Å². The van der Waals surface area contributed by atoms with Gasteiger partial charge >= 0.3 is 0 Å². The van der Waals surface area contributed by atoms with Gasteiger partial charge in [0.25, 0.3) is 0 Å². The minimum absolute atomic E-state index is 0.